The molecule has 2 N–H and O–H groups in total. The molecule has 2 rings (SSSR count). The van der Waals surface area contributed by atoms with Crippen LogP contribution in [0.15, 0.2) is 0 Å². The number of aromatic amines is 1. The SMILES string of the molecule is CCCc1nsc(NC(C)c2nn[nH]n2)n1. The van der Waals surface area contributed by atoms with Crippen LogP contribution in [-0.2, 0) is 6.42 Å². The van der Waals surface area contributed by atoms with Crippen LogP contribution in [-0.4, -0.2) is 30.0 Å². The van der Waals surface area contributed by atoms with Gasteiger partial charge in [-0.25, -0.2) is 4.98 Å². The molecule has 7 nitrogen and oxygen atoms in total. The van der Waals surface area contributed by atoms with Gasteiger partial charge in [-0.3, -0.25) is 0 Å². The fraction of sp³-hybridized carbons (Fsp3) is 0.625. The first-order valence-electron chi connectivity index (χ1n) is 5.12. The third-order valence-electron chi connectivity index (χ3n) is 2.03. The van der Waals surface area contributed by atoms with Gasteiger partial charge in [0, 0.05) is 18.0 Å². The van der Waals surface area contributed by atoms with Gasteiger partial charge in [0.2, 0.25) is 5.13 Å². The van der Waals surface area contributed by atoms with Crippen LogP contribution in [0.25, 0.3) is 0 Å². The lowest BCUT2D eigenvalue weighted by molar-refractivity contribution is 0.788. The van der Waals surface area contributed by atoms with Crippen molar-refractivity contribution in [2.75, 3.05) is 5.32 Å². The summed E-state index contributed by atoms with van der Waals surface area (Å²) in [6, 6.07) is -0.0267. The fourth-order valence-electron chi connectivity index (χ4n) is 1.24. The van der Waals surface area contributed by atoms with Gasteiger partial charge in [-0.2, -0.15) is 9.59 Å². The third-order valence-corrected chi connectivity index (χ3v) is 2.71. The van der Waals surface area contributed by atoms with E-state index in [1.54, 1.807) is 0 Å². The Balaban J connectivity index is 1.98. The number of aromatic nitrogens is 6. The van der Waals surface area contributed by atoms with Crippen molar-refractivity contribution in [3.05, 3.63) is 11.6 Å². The molecule has 2 heterocycles. The molecule has 0 spiro atoms. The Morgan fingerprint density at radius 2 is 2.38 bits per heavy atom. The van der Waals surface area contributed by atoms with Gasteiger partial charge < -0.3 is 5.32 Å². The molecule has 2 aromatic heterocycles. The Kier molecular flexibility index (Phi) is 3.40. The van der Waals surface area contributed by atoms with Crippen molar-refractivity contribution in [1.29, 1.82) is 0 Å². The van der Waals surface area contributed by atoms with Gasteiger partial charge in [0.1, 0.15) is 5.82 Å². The van der Waals surface area contributed by atoms with Crippen LogP contribution in [0.1, 0.15) is 38.0 Å². The molecule has 0 aliphatic rings. The lowest BCUT2D eigenvalue weighted by Gasteiger charge is -2.06. The maximum atomic E-state index is 4.36. The molecule has 0 saturated heterocycles. The summed E-state index contributed by atoms with van der Waals surface area (Å²) in [5, 5.41) is 17.7. The van der Waals surface area contributed by atoms with Crippen LogP contribution >= 0.6 is 11.5 Å². The number of anilines is 1. The molecule has 1 atom stereocenters. The minimum atomic E-state index is -0.0267. The number of hydrogen-bond acceptors (Lipinski definition) is 7. The summed E-state index contributed by atoms with van der Waals surface area (Å²) in [6.07, 6.45) is 1.96. The van der Waals surface area contributed by atoms with Gasteiger partial charge in [0.15, 0.2) is 5.82 Å². The van der Waals surface area contributed by atoms with Crippen LogP contribution in [0.3, 0.4) is 0 Å². The first-order chi connectivity index (χ1) is 7.79. The summed E-state index contributed by atoms with van der Waals surface area (Å²) in [4.78, 5) is 4.36. The monoisotopic (exact) mass is 239 g/mol. The Labute approximate surface area is 96.9 Å². The molecule has 0 fully saturated rings. The summed E-state index contributed by atoms with van der Waals surface area (Å²) >= 11 is 1.36. The summed E-state index contributed by atoms with van der Waals surface area (Å²) in [5.74, 6) is 1.50. The molecule has 0 aliphatic heterocycles. The lowest BCUT2D eigenvalue weighted by atomic mass is 10.3. The van der Waals surface area contributed by atoms with Crippen molar-refractivity contribution in [3.63, 3.8) is 0 Å². The standard InChI is InChI=1S/C8H13N7S/c1-3-4-6-10-8(16-13-6)9-5(2)7-11-14-15-12-7/h5H,3-4H2,1-2H3,(H,9,10,13)(H,11,12,14,15). The molecule has 0 aromatic carbocycles. The Hall–Kier alpha value is -1.57. The summed E-state index contributed by atoms with van der Waals surface area (Å²) in [6.45, 7) is 4.06. The van der Waals surface area contributed by atoms with Gasteiger partial charge >= 0.3 is 0 Å². The van der Waals surface area contributed by atoms with Crippen molar-refractivity contribution in [3.8, 4) is 0 Å². The van der Waals surface area contributed by atoms with E-state index < -0.39 is 0 Å². The van der Waals surface area contributed by atoms with Gasteiger partial charge in [-0.1, -0.05) is 12.1 Å². The zero-order chi connectivity index (χ0) is 11.4. The van der Waals surface area contributed by atoms with Crippen molar-refractivity contribution in [1.82, 2.24) is 30.0 Å². The number of aryl methyl sites for hydroxylation is 1. The molecule has 0 saturated carbocycles. The average Bonchev–Trinajstić information content (AvgIpc) is 2.89. The molecule has 0 amide bonds. The van der Waals surface area contributed by atoms with Crippen molar-refractivity contribution in [2.45, 2.75) is 32.7 Å². The predicted octanol–water partition coefficient (Wildman–Crippen LogP) is 1.18. The highest BCUT2D eigenvalue weighted by molar-refractivity contribution is 7.09. The highest BCUT2D eigenvalue weighted by Crippen LogP contribution is 2.17. The largest absolute Gasteiger partial charge is 0.350 e. The molecule has 86 valence electrons. The summed E-state index contributed by atoms with van der Waals surface area (Å²) < 4.78 is 4.24. The third kappa shape index (κ3) is 2.51. The maximum Gasteiger partial charge on any atom is 0.203 e. The first-order valence-corrected chi connectivity index (χ1v) is 5.89. The van der Waals surface area contributed by atoms with Crippen LogP contribution in [0.5, 0.6) is 0 Å². The Morgan fingerprint density at radius 1 is 1.50 bits per heavy atom. The molecule has 2 aromatic rings. The van der Waals surface area contributed by atoms with E-state index in [0.29, 0.717) is 5.82 Å². The summed E-state index contributed by atoms with van der Waals surface area (Å²) in [7, 11) is 0. The number of nitrogens with one attached hydrogen (secondary N) is 2. The zero-order valence-electron chi connectivity index (χ0n) is 9.14. The molecule has 1 unspecified atom stereocenters. The number of nitrogens with zero attached hydrogens (tertiary/aromatic N) is 5. The maximum absolute atomic E-state index is 4.36. The van der Waals surface area contributed by atoms with E-state index in [1.165, 1.54) is 11.5 Å². The van der Waals surface area contributed by atoms with Crippen molar-refractivity contribution < 1.29 is 0 Å². The van der Waals surface area contributed by atoms with E-state index in [2.05, 4.69) is 42.2 Å². The second-order valence-corrected chi connectivity index (χ2v) is 4.15. The van der Waals surface area contributed by atoms with E-state index >= 15 is 0 Å². The number of rotatable bonds is 5. The first kappa shape index (κ1) is 10.9. The molecule has 0 bridgehead atoms. The molecule has 8 heteroatoms. The van der Waals surface area contributed by atoms with Crippen molar-refractivity contribution in [2.24, 2.45) is 0 Å². The predicted molar refractivity (Wildman–Crippen MR) is 60.1 cm³/mol. The van der Waals surface area contributed by atoms with E-state index in [0.717, 1.165) is 23.8 Å². The molecular formula is C8H13N7S. The number of tetrazole rings is 1. The highest BCUT2D eigenvalue weighted by Gasteiger charge is 2.12. The Morgan fingerprint density at radius 3 is 3.06 bits per heavy atom. The highest BCUT2D eigenvalue weighted by atomic mass is 32.1. The fourth-order valence-corrected chi connectivity index (χ4v) is 1.94. The topological polar surface area (TPSA) is 92.3 Å². The van der Waals surface area contributed by atoms with E-state index in [1.807, 2.05) is 6.92 Å². The van der Waals surface area contributed by atoms with Gasteiger partial charge in [0.05, 0.1) is 6.04 Å². The quantitative estimate of drug-likeness (QED) is 0.813. The number of hydrogen-bond donors (Lipinski definition) is 2. The van der Waals surface area contributed by atoms with E-state index in [4.69, 9.17) is 0 Å². The Bertz CT molecular complexity index is 423. The molecule has 16 heavy (non-hydrogen) atoms. The molecular weight excluding hydrogens is 226 g/mol. The second kappa shape index (κ2) is 4.97. The smallest absolute Gasteiger partial charge is 0.203 e. The van der Waals surface area contributed by atoms with Gasteiger partial charge in [0.25, 0.3) is 0 Å². The van der Waals surface area contributed by atoms with Gasteiger partial charge in [-0.15, -0.1) is 10.2 Å². The minimum absolute atomic E-state index is 0.0267. The average molecular weight is 239 g/mol. The van der Waals surface area contributed by atoms with E-state index in [9.17, 15) is 0 Å². The zero-order valence-corrected chi connectivity index (χ0v) is 9.95. The normalized spacial score (nSPS) is 12.6. The van der Waals surface area contributed by atoms with E-state index in [-0.39, 0.29) is 6.04 Å². The number of H-pyrrole nitrogens is 1. The minimum Gasteiger partial charge on any atom is -0.350 e. The lowest BCUT2D eigenvalue weighted by Crippen LogP contribution is -2.08. The van der Waals surface area contributed by atoms with Crippen LogP contribution in [0, 0.1) is 0 Å². The molecule has 0 aliphatic carbocycles. The van der Waals surface area contributed by atoms with Gasteiger partial charge in [-0.05, 0) is 13.3 Å². The van der Waals surface area contributed by atoms with Crippen LogP contribution < -0.4 is 5.32 Å². The second-order valence-electron chi connectivity index (χ2n) is 3.40. The molecule has 0 radical (unpaired) electrons. The van der Waals surface area contributed by atoms with Crippen molar-refractivity contribution >= 4 is 16.7 Å². The van der Waals surface area contributed by atoms with Crippen LogP contribution in [0.2, 0.25) is 0 Å². The summed E-state index contributed by atoms with van der Waals surface area (Å²) in [5.41, 5.74) is 0. The van der Waals surface area contributed by atoms with Crippen LogP contribution in [0.4, 0.5) is 5.13 Å².